The molecule has 0 amide bonds. The van der Waals surface area contributed by atoms with Crippen molar-refractivity contribution < 1.29 is 1.43 Å². The van der Waals surface area contributed by atoms with Crippen molar-refractivity contribution in [2.24, 2.45) is 0 Å². The average Bonchev–Trinajstić information content (AvgIpc) is 2.59. The fourth-order valence-corrected chi connectivity index (χ4v) is 3.07. The number of rotatable bonds is 7. The highest BCUT2D eigenvalue weighted by molar-refractivity contribution is 5.66. The second-order valence-electron chi connectivity index (χ2n) is 6.76. The smallest absolute Gasteiger partial charge is 0 e. The van der Waals surface area contributed by atoms with Crippen molar-refractivity contribution in [2.45, 2.75) is 53.4 Å². The summed E-state index contributed by atoms with van der Waals surface area (Å²) in [5.74, 6) is 0. The summed E-state index contributed by atoms with van der Waals surface area (Å²) in [7, 11) is 0. The van der Waals surface area contributed by atoms with Gasteiger partial charge in [0.2, 0.25) is 0 Å². The summed E-state index contributed by atoms with van der Waals surface area (Å²) < 4.78 is 0. The highest BCUT2D eigenvalue weighted by Gasteiger charge is 2.06. The van der Waals surface area contributed by atoms with Crippen LogP contribution in [0.15, 0.2) is 49.6 Å². The van der Waals surface area contributed by atoms with Crippen molar-refractivity contribution in [3.63, 3.8) is 0 Å². The van der Waals surface area contributed by atoms with Crippen molar-refractivity contribution in [1.29, 1.82) is 0 Å². The summed E-state index contributed by atoms with van der Waals surface area (Å²) in [5.41, 5.74) is 10.5. The van der Waals surface area contributed by atoms with E-state index in [1.165, 1.54) is 44.5 Å². The van der Waals surface area contributed by atoms with Gasteiger partial charge in [-0.3, -0.25) is 0 Å². The van der Waals surface area contributed by atoms with Crippen LogP contribution in [-0.2, 0) is 12.8 Å². The van der Waals surface area contributed by atoms with Crippen molar-refractivity contribution in [2.75, 3.05) is 0 Å². The lowest BCUT2D eigenvalue weighted by Gasteiger charge is -2.13. The zero-order valence-corrected chi connectivity index (χ0v) is 15.7. The quantitative estimate of drug-likeness (QED) is 0.507. The molecule has 0 fully saturated rings. The van der Waals surface area contributed by atoms with E-state index in [4.69, 9.17) is 0 Å². The molecule has 0 N–H and O–H groups in total. The molecule has 0 unspecified atom stereocenters. The average molecular weight is 321 g/mol. The van der Waals surface area contributed by atoms with Crippen LogP contribution in [0.2, 0.25) is 0 Å². The third kappa shape index (κ3) is 4.47. The van der Waals surface area contributed by atoms with E-state index in [2.05, 4.69) is 77.3 Å². The highest BCUT2D eigenvalue weighted by atomic mass is 14.1. The maximum atomic E-state index is 4.34. The SMILES string of the molecule is C=C(CC)c1ccc(C)c(CCC(=C)c2cc(C)cc(CC)c2)c1.[HH]. The molecule has 0 radical (unpaired) electrons. The van der Waals surface area contributed by atoms with Gasteiger partial charge in [0.1, 0.15) is 0 Å². The summed E-state index contributed by atoms with van der Waals surface area (Å²) in [4.78, 5) is 0. The van der Waals surface area contributed by atoms with Crippen molar-refractivity contribution >= 4 is 11.1 Å². The second kappa shape index (κ2) is 8.15. The molecule has 0 aromatic heterocycles. The first-order chi connectivity index (χ1) is 11.4. The molecule has 24 heavy (non-hydrogen) atoms. The summed E-state index contributed by atoms with van der Waals surface area (Å²) in [6.07, 6.45) is 4.10. The maximum absolute atomic E-state index is 4.34. The summed E-state index contributed by atoms with van der Waals surface area (Å²) in [6.45, 7) is 17.2. The van der Waals surface area contributed by atoms with Gasteiger partial charge in [-0.2, -0.15) is 0 Å². The molecule has 0 heteroatoms. The van der Waals surface area contributed by atoms with Crippen LogP contribution in [0.25, 0.3) is 11.1 Å². The van der Waals surface area contributed by atoms with E-state index in [1.807, 2.05) is 0 Å². The zero-order valence-electron chi connectivity index (χ0n) is 15.7. The van der Waals surface area contributed by atoms with Gasteiger partial charge < -0.3 is 0 Å². The number of hydrogen-bond donors (Lipinski definition) is 0. The van der Waals surface area contributed by atoms with Crippen LogP contribution in [0.3, 0.4) is 0 Å². The van der Waals surface area contributed by atoms with Gasteiger partial charge in [0.25, 0.3) is 0 Å². The van der Waals surface area contributed by atoms with E-state index in [0.717, 1.165) is 25.7 Å². The van der Waals surface area contributed by atoms with Gasteiger partial charge in [-0.25, -0.2) is 0 Å². The molecule has 0 aliphatic carbocycles. The topological polar surface area (TPSA) is 0 Å². The Morgan fingerprint density at radius 1 is 0.917 bits per heavy atom. The van der Waals surface area contributed by atoms with Gasteiger partial charge in [-0.1, -0.05) is 69.0 Å². The Morgan fingerprint density at radius 3 is 2.33 bits per heavy atom. The molecule has 128 valence electrons. The molecule has 2 aromatic carbocycles. The fraction of sp³-hybridized carbons (Fsp3) is 0.333. The predicted octanol–water partition coefficient (Wildman–Crippen LogP) is 7.18. The maximum Gasteiger partial charge on any atom is 0 e. The third-order valence-electron chi connectivity index (χ3n) is 4.83. The van der Waals surface area contributed by atoms with Gasteiger partial charge in [-0.05, 0) is 78.5 Å². The first-order valence-electron chi connectivity index (χ1n) is 9.01. The predicted molar refractivity (Wildman–Crippen MR) is 111 cm³/mol. The van der Waals surface area contributed by atoms with E-state index in [9.17, 15) is 0 Å². The Balaban J connectivity index is 0.00000312. The molecule has 2 rings (SSSR count). The molecule has 0 spiro atoms. The Hall–Kier alpha value is -2.08. The molecule has 0 bridgehead atoms. The molecule has 0 aliphatic heterocycles. The number of hydrogen-bond acceptors (Lipinski definition) is 0. The molecular formula is C24H32. The van der Waals surface area contributed by atoms with Crippen LogP contribution in [0, 0.1) is 13.8 Å². The Kier molecular flexibility index (Phi) is 6.20. The summed E-state index contributed by atoms with van der Waals surface area (Å²) in [5, 5.41) is 0. The minimum absolute atomic E-state index is 0. The van der Waals surface area contributed by atoms with E-state index in [1.54, 1.807) is 0 Å². The minimum atomic E-state index is 0. The van der Waals surface area contributed by atoms with Gasteiger partial charge in [0, 0.05) is 1.43 Å². The van der Waals surface area contributed by atoms with E-state index < -0.39 is 0 Å². The Morgan fingerprint density at radius 2 is 1.67 bits per heavy atom. The third-order valence-corrected chi connectivity index (χ3v) is 4.83. The molecule has 0 heterocycles. The normalized spacial score (nSPS) is 10.7. The Bertz CT molecular complexity index is 753. The monoisotopic (exact) mass is 320 g/mol. The van der Waals surface area contributed by atoms with Crippen LogP contribution in [-0.4, -0.2) is 0 Å². The van der Waals surface area contributed by atoms with Crippen LogP contribution >= 0.6 is 0 Å². The van der Waals surface area contributed by atoms with Crippen molar-refractivity contribution in [3.8, 4) is 0 Å². The molecule has 0 aliphatic rings. The lowest BCUT2D eigenvalue weighted by Crippen LogP contribution is -1.95. The molecule has 0 atom stereocenters. The van der Waals surface area contributed by atoms with Crippen LogP contribution in [0.5, 0.6) is 0 Å². The lowest BCUT2D eigenvalue weighted by molar-refractivity contribution is 0.999. The van der Waals surface area contributed by atoms with Crippen LogP contribution in [0.4, 0.5) is 0 Å². The molecule has 0 nitrogen and oxygen atoms in total. The summed E-state index contributed by atoms with van der Waals surface area (Å²) >= 11 is 0. The highest BCUT2D eigenvalue weighted by Crippen LogP contribution is 2.25. The fourth-order valence-electron chi connectivity index (χ4n) is 3.07. The molecule has 2 aromatic rings. The number of benzene rings is 2. The van der Waals surface area contributed by atoms with E-state index >= 15 is 0 Å². The van der Waals surface area contributed by atoms with Crippen LogP contribution in [0.1, 0.15) is 61.5 Å². The Labute approximate surface area is 149 Å². The van der Waals surface area contributed by atoms with Gasteiger partial charge in [0.05, 0.1) is 0 Å². The zero-order chi connectivity index (χ0) is 17.7. The summed E-state index contributed by atoms with van der Waals surface area (Å²) in [6, 6.07) is 13.5. The van der Waals surface area contributed by atoms with E-state index in [-0.39, 0.29) is 1.43 Å². The standard InChI is InChI=1S/C24H30.H2/c1-7-18(4)22-11-9-19(5)23(16-22)12-10-20(6)24-14-17(3)13-21(8-2)15-24;/h9,11,13-16H,4,6-8,10,12H2,1-3,5H3;1H. The first-order valence-corrected chi connectivity index (χ1v) is 9.01. The van der Waals surface area contributed by atoms with Gasteiger partial charge in [-0.15, -0.1) is 0 Å². The van der Waals surface area contributed by atoms with Gasteiger partial charge in [0.15, 0.2) is 0 Å². The molecule has 0 saturated carbocycles. The number of allylic oxidation sites excluding steroid dienone is 2. The number of aryl methyl sites for hydroxylation is 4. The largest absolute Gasteiger partial charge is 0.0952 e. The second-order valence-corrected chi connectivity index (χ2v) is 6.76. The van der Waals surface area contributed by atoms with Crippen molar-refractivity contribution in [1.82, 2.24) is 0 Å². The van der Waals surface area contributed by atoms with Crippen LogP contribution < -0.4 is 0 Å². The minimum Gasteiger partial charge on any atom is -0.0952 e. The van der Waals surface area contributed by atoms with Gasteiger partial charge >= 0.3 is 0 Å². The first kappa shape index (κ1) is 18.3. The van der Waals surface area contributed by atoms with Crippen molar-refractivity contribution in [3.05, 3.63) is 82.9 Å². The molecular weight excluding hydrogens is 288 g/mol. The van der Waals surface area contributed by atoms with E-state index in [0.29, 0.717) is 0 Å². The molecule has 0 saturated heterocycles. The lowest BCUT2D eigenvalue weighted by atomic mass is 9.93.